The van der Waals surface area contributed by atoms with Crippen molar-refractivity contribution in [3.8, 4) is 11.3 Å². The molecule has 96 valence electrons. The molecule has 0 bridgehead atoms. The molecule has 4 heteroatoms. The van der Waals surface area contributed by atoms with Crippen LogP contribution in [-0.2, 0) is 4.84 Å². The fourth-order valence-corrected chi connectivity index (χ4v) is 2.56. The summed E-state index contributed by atoms with van der Waals surface area (Å²) in [5.74, 6) is 0. The van der Waals surface area contributed by atoms with E-state index in [9.17, 15) is 0 Å². The maximum Gasteiger partial charge on any atom is 0.138 e. The lowest BCUT2D eigenvalue weighted by Gasteiger charge is -2.02. The van der Waals surface area contributed by atoms with Crippen LogP contribution in [0.3, 0.4) is 0 Å². The fourth-order valence-electron chi connectivity index (χ4n) is 2.56. The Labute approximate surface area is 115 Å². The largest absolute Gasteiger partial charge is 0.399 e. The Morgan fingerprint density at radius 2 is 1.40 bits per heavy atom. The van der Waals surface area contributed by atoms with Crippen molar-refractivity contribution in [1.82, 2.24) is 9.97 Å². The predicted octanol–water partition coefficient (Wildman–Crippen LogP) is 3.01. The summed E-state index contributed by atoms with van der Waals surface area (Å²) in [5.41, 5.74) is 6.22. The van der Waals surface area contributed by atoms with Crippen LogP contribution in [0, 0.1) is 0 Å². The van der Waals surface area contributed by atoms with Crippen LogP contribution in [0.1, 0.15) is 11.3 Å². The van der Waals surface area contributed by atoms with E-state index in [-0.39, 0.29) is 0 Å². The number of nitrogens with zero attached hydrogens (tertiary/aromatic N) is 3. The summed E-state index contributed by atoms with van der Waals surface area (Å²) in [6.45, 7) is 0. The van der Waals surface area contributed by atoms with Gasteiger partial charge in [0.15, 0.2) is 0 Å². The quantitative estimate of drug-likeness (QED) is 0.495. The number of para-hydroxylation sites is 2. The minimum atomic E-state index is 0.747. The first kappa shape index (κ1) is 11.1. The third kappa shape index (κ3) is 1.45. The zero-order chi connectivity index (χ0) is 13.5. The lowest BCUT2D eigenvalue weighted by atomic mass is 10.1. The Balaban J connectivity index is 2.10. The number of benzene rings is 2. The molecule has 4 rings (SSSR count). The molecule has 0 amide bonds. The molecule has 0 N–H and O–H groups in total. The van der Waals surface area contributed by atoms with Crippen LogP contribution in [0.4, 0.5) is 0 Å². The Bertz CT molecular complexity index is 855. The third-order valence-corrected chi connectivity index (χ3v) is 3.41. The summed E-state index contributed by atoms with van der Waals surface area (Å²) in [5, 5.41) is 4.13. The van der Waals surface area contributed by atoms with E-state index in [1.54, 1.807) is 7.11 Å². The summed E-state index contributed by atoms with van der Waals surface area (Å²) >= 11 is 0. The summed E-state index contributed by atoms with van der Waals surface area (Å²) in [7, 11) is 1.54. The van der Waals surface area contributed by atoms with Crippen molar-refractivity contribution in [2.45, 2.75) is 0 Å². The number of hydrogen-bond acceptors (Lipinski definition) is 4. The van der Waals surface area contributed by atoms with Gasteiger partial charge in [-0.2, -0.15) is 0 Å². The summed E-state index contributed by atoms with van der Waals surface area (Å²) in [4.78, 5) is 14.4. The number of rotatable bonds is 1. The van der Waals surface area contributed by atoms with E-state index in [4.69, 9.17) is 14.8 Å². The van der Waals surface area contributed by atoms with Gasteiger partial charge in [-0.15, -0.1) is 0 Å². The van der Waals surface area contributed by atoms with Gasteiger partial charge < -0.3 is 4.84 Å². The van der Waals surface area contributed by atoms with Gasteiger partial charge in [0.25, 0.3) is 0 Å². The highest BCUT2D eigenvalue weighted by Crippen LogP contribution is 2.35. The molecule has 0 radical (unpaired) electrons. The van der Waals surface area contributed by atoms with Crippen LogP contribution in [0.5, 0.6) is 0 Å². The molecular formula is C16H11N3O. The molecule has 2 aromatic carbocycles. The van der Waals surface area contributed by atoms with Gasteiger partial charge in [0.2, 0.25) is 0 Å². The van der Waals surface area contributed by atoms with E-state index in [2.05, 4.69) is 5.16 Å². The Kier molecular flexibility index (Phi) is 2.29. The second-order valence-corrected chi connectivity index (χ2v) is 4.58. The first-order valence-electron chi connectivity index (χ1n) is 6.36. The van der Waals surface area contributed by atoms with Crippen molar-refractivity contribution in [2.24, 2.45) is 5.16 Å². The molecule has 3 aromatic rings. The van der Waals surface area contributed by atoms with Crippen molar-refractivity contribution < 1.29 is 4.84 Å². The summed E-state index contributed by atoms with van der Waals surface area (Å²) in [6, 6.07) is 15.9. The summed E-state index contributed by atoms with van der Waals surface area (Å²) < 4.78 is 0. The minimum Gasteiger partial charge on any atom is -0.399 e. The Morgan fingerprint density at radius 3 is 2.10 bits per heavy atom. The van der Waals surface area contributed by atoms with Gasteiger partial charge in [0.1, 0.15) is 18.5 Å². The first-order chi connectivity index (χ1) is 9.88. The van der Waals surface area contributed by atoms with Crippen LogP contribution in [0.25, 0.3) is 22.3 Å². The molecule has 0 saturated carbocycles. The zero-order valence-electron chi connectivity index (χ0n) is 10.9. The molecule has 1 aliphatic rings. The maximum atomic E-state index is 4.97. The van der Waals surface area contributed by atoms with Gasteiger partial charge in [0.05, 0.1) is 16.7 Å². The second kappa shape index (κ2) is 4.13. The second-order valence-electron chi connectivity index (χ2n) is 4.58. The average Bonchev–Trinajstić information content (AvgIpc) is 2.80. The molecule has 0 aliphatic heterocycles. The molecule has 1 aliphatic carbocycles. The van der Waals surface area contributed by atoms with E-state index in [1.165, 1.54) is 0 Å². The molecule has 20 heavy (non-hydrogen) atoms. The standard InChI is InChI=1S/C16H11N3O/c1-20-19-15-11-7-3-2-6-10(11)14-16(15)18-13-9-5-4-8-12(13)17-14/h2-9H,1H3/b19-15+. The van der Waals surface area contributed by atoms with Crippen LogP contribution in [-0.4, -0.2) is 22.8 Å². The predicted molar refractivity (Wildman–Crippen MR) is 77.6 cm³/mol. The van der Waals surface area contributed by atoms with Crippen molar-refractivity contribution >= 4 is 16.7 Å². The Hall–Kier alpha value is -2.75. The van der Waals surface area contributed by atoms with E-state index < -0.39 is 0 Å². The molecule has 1 heterocycles. The molecule has 0 unspecified atom stereocenters. The van der Waals surface area contributed by atoms with Crippen molar-refractivity contribution in [2.75, 3.05) is 7.11 Å². The van der Waals surface area contributed by atoms with Gasteiger partial charge in [-0.3, -0.25) is 0 Å². The number of oxime groups is 1. The summed E-state index contributed by atoms with van der Waals surface area (Å²) in [6.07, 6.45) is 0. The van der Waals surface area contributed by atoms with Gasteiger partial charge >= 0.3 is 0 Å². The Morgan fingerprint density at radius 1 is 0.800 bits per heavy atom. The van der Waals surface area contributed by atoms with Crippen molar-refractivity contribution in [3.63, 3.8) is 0 Å². The monoisotopic (exact) mass is 261 g/mol. The molecule has 0 spiro atoms. The topological polar surface area (TPSA) is 47.4 Å². The van der Waals surface area contributed by atoms with E-state index in [0.717, 1.165) is 39.3 Å². The lowest BCUT2D eigenvalue weighted by molar-refractivity contribution is 0.214. The van der Waals surface area contributed by atoms with Crippen LogP contribution < -0.4 is 0 Å². The average molecular weight is 261 g/mol. The highest BCUT2D eigenvalue weighted by atomic mass is 16.6. The van der Waals surface area contributed by atoms with Gasteiger partial charge in [-0.25, -0.2) is 9.97 Å². The molecule has 4 nitrogen and oxygen atoms in total. The highest BCUT2D eigenvalue weighted by Gasteiger charge is 2.28. The number of hydrogen-bond donors (Lipinski definition) is 0. The van der Waals surface area contributed by atoms with Gasteiger partial charge in [-0.1, -0.05) is 41.6 Å². The SMILES string of the molecule is CO/N=C1\c2ccccc2-c2nc3ccccc3nc21. The first-order valence-corrected chi connectivity index (χ1v) is 6.36. The van der Waals surface area contributed by atoms with Crippen LogP contribution in [0.15, 0.2) is 53.7 Å². The van der Waals surface area contributed by atoms with Gasteiger partial charge in [-0.05, 0) is 12.1 Å². The molecule has 0 saturated heterocycles. The van der Waals surface area contributed by atoms with E-state index in [1.807, 2.05) is 48.5 Å². The van der Waals surface area contributed by atoms with Crippen LogP contribution >= 0.6 is 0 Å². The smallest absolute Gasteiger partial charge is 0.138 e. The van der Waals surface area contributed by atoms with Crippen LogP contribution in [0.2, 0.25) is 0 Å². The molecule has 0 fully saturated rings. The van der Waals surface area contributed by atoms with Crippen molar-refractivity contribution in [3.05, 3.63) is 59.8 Å². The van der Waals surface area contributed by atoms with Gasteiger partial charge in [0, 0.05) is 11.1 Å². The number of aromatic nitrogens is 2. The highest BCUT2D eigenvalue weighted by molar-refractivity contribution is 6.23. The molecular weight excluding hydrogens is 250 g/mol. The molecule has 0 atom stereocenters. The zero-order valence-corrected chi connectivity index (χ0v) is 10.9. The fraction of sp³-hybridized carbons (Fsp3) is 0.0625. The third-order valence-electron chi connectivity index (χ3n) is 3.41. The molecule has 1 aromatic heterocycles. The van der Waals surface area contributed by atoms with E-state index in [0.29, 0.717) is 0 Å². The normalized spacial score (nSPS) is 14.3. The van der Waals surface area contributed by atoms with E-state index >= 15 is 0 Å². The maximum absolute atomic E-state index is 4.97. The van der Waals surface area contributed by atoms with Crippen molar-refractivity contribution in [1.29, 1.82) is 0 Å². The lowest BCUT2D eigenvalue weighted by Crippen LogP contribution is -2.02. The number of fused-ring (bicyclic) bond motifs is 4. The minimum absolute atomic E-state index is 0.747.